The van der Waals surface area contributed by atoms with E-state index in [0.717, 1.165) is 6.42 Å². The van der Waals surface area contributed by atoms with Gasteiger partial charge in [0.25, 0.3) is 0 Å². The molecule has 0 aromatic rings. The fraction of sp³-hybridized carbons (Fsp3) is 0.875. The molecule has 0 spiro atoms. The van der Waals surface area contributed by atoms with Gasteiger partial charge < -0.3 is 5.21 Å². The van der Waals surface area contributed by atoms with Gasteiger partial charge in [0.05, 0.1) is 11.8 Å². The number of hydrogen-bond acceptors (Lipinski definition) is 3. The van der Waals surface area contributed by atoms with Crippen LogP contribution in [0.2, 0.25) is 0 Å². The lowest BCUT2D eigenvalue weighted by Crippen LogP contribution is -2.55. The summed E-state index contributed by atoms with van der Waals surface area (Å²) in [5.41, 5.74) is -0.578. The lowest BCUT2D eigenvalue weighted by atomic mass is 9.98. The summed E-state index contributed by atoms with van der Waals surface area (Å²) in [5.74, 6) is -0.419. The van der Waals surface area contributed by atoms with Crippen LogP contribution >= 0.6 is 0 Å². The Morgan fingerprint density at radius 2 is 1.92 bits per heavy atom. The highest BCUT2D eigenvalue weighted by Gasteiger charge is 2.36. The second-order valence-corrected chi connectivity index (χ2v) is 4.24. The third-order valence-corrected chi connectivity index (χ3v) is 1.86. The Morgan fingerprint density at radius 1 is 1.42 bits per heavy atom. The molecular weight excluding hydrogens is 158 g/mol. The summed E-state index contributed by atoms with van der Waals surface area (Å²) in [5, 5.41) is 11.3. The van der Waals surface area contributed by atoms with Crippen molar-refractivity contribution in [2.24, 2.45) is 5.41 Å². The number of hydrogen-bond donors (Lipinski definition) is 0. The van der Waals surface area contributed by atoms with E-state index in [0.29, 0.717) is 13.1 Å². The molecule has 0 unspecified atom stereocenters. The van der Waals surface area contributed by atoms with Crippen LogP contribution in [0.1, 0.15) is 27.2 Å². The van der Waals surface area contributed by atoms with E-state index in [1.807, 2.05) is 0 Å². The van der Waals surface area contributed by atoms with Crippen molar-refractivity contribution < 1.29 is 14.4 Å². The monoisotopic (exact) mass is 173 g/mol. The van der Waals surface area contributed by atoms with E-state index >= 15 is 0 Å². The van der Waals surface area contributed by atoms with Crippen molar-refractivity contribution in [3.8, 4) is 0 Å². The molecule has 0 bridgehead atoms. The maximum absolute atomic E-state index is 11.3. The van der Waals surface area contributed by atoms with E-state index in [1.54, 1.807) is 20.8 Å². The normalized spacial score (nSPS) is 21.3. The number of quaternary nitrogens is 1. The van der Waals surface area contributed by atoms with E-state index in [2.05, 4.69) is 0 Å². The van der Waals surface area contributed by atoms with Crippen LogP contribution in [0.3, 0.4) is 0 Å². The van der Waals surface area contributed by atoms with Gasteiger partial charge in [-0.1, -0.05) is 0 Å². The Bertz CT molecular complexity index is 191. The highest BCUT2D eigenvalue weighted by atomic mass is 16.9. The molecule has 1 heterocycles. The molecule has 0 aromatic heterocycles. The quantitative estimate of drug-likeness (QED) is 0.442. The second-order valence-electron chi connectivity index (χ2n) is 4.24. The van der Waals surface area contributed by atoms with Crippen LogP contribution in [0.5, 0.6) is 0 Å². The van der Waals surface area contributed by atoms with Crippen molar-refractivity contribution in [2.45, 2.75) is 27.2 Å². The topological polar surface area (TPSA) is 49.4 Å². The first-order valence-corrected chi connectivity index (χ1v) is 4.16. The van der Waals surface area contributed by atoms with Gasteiger partial charge in [-0.2, -0.15) is 4.81 Å². The number of nitrogens with zero attached hydrogens (tertiary/aromatic N) is 1. The molecule has 12 heavy (non-hydrogen) atoms. The van der Waals surface area contributed by atoms with Crippen LogP contribution < -0.4 is 0 Å². The summed E-state index contributed by atoms with van der Waals surface area (Å²) in [4.78, 5) is 15.2. The largest absolute Gasteiger partial charge is 0.589 e. The molecule has 0 N–H and O–H groups in total. The molecule has 0 aromatic carbocycles. The Kier molecular flexibility index (Phi) is 2.14. The van der Waals surface area contributed by atoms with Gasteiger partial charge in [0.2, 0.25) is 0 Å². The van der Waals surface area contributed by atoms with E-state index in [9.17, 15) is 10.0 Å². The molecular formula is C8H15NO3. The lowest BCUT2D eigenvalue weighted by Gasteiger charge is -2.45. The van der Waals surface area contributed by atoms with Crippen molar-refractivity contribution in [3.63, 3.8) is 0 Å². The zero-order chi connectivity index (χ0) is 9.41. The van der Waals surface area contributed by atoms with Gasteiger partial charge in [-0.05, 0) is 20.8 Å². The molecule has 4 nitrogen and oxygen atoms in total. The summed E-state index contributed by atoms with van der Waals surface area (Å²) >= 11 is 0. The highest BCUT2D eigenvalue weighted by Crippen LogP contribution is 2.24. The molecule has 0 atom stereocenters. The molecule has 1 fully saturated rings. The van der Waals surface area contributed by atoms with Crippen LogP contribution in [0, 0.1) is 10.6 Å². The standard InChI is InChI=1S/C8H15NO3/c1-8(2,3)7(10)12-9(11)5-4-6-9/h4-6H2,1-3H3. The predicted octanol–water partition coefficient (Wildman–Crippen LogP) is 1.21. The van der Waals surface area contributed by atoms with Gasteiger partial charge in [0, 0.05) is 0 Å². The molecule has 1 saturated heterocycles. The Labute approximate surface area is 72.2 Å². The minimum atomic E-state index is -0.782. The zero-order valence-corrected chi connectivity index (χ0v) is 7.79. The third-order valence-electron chi connectivity index (χ3n) is 1.86. The molecule has 4 heteroatoms. The molecule has 1 aliphatic rings. The lowest BCUT2D eigenvalue weighted by molar-refractivity contribution is -1.08. The first kappa shape index (κ1) is 9.48. The van der Waals surface area contributed by atoms with Crippen molar-refractivity contribution in [1.29, 1.82) is 0 Å². The van der Waals surface area contributed by atoms with E-state index < -0.39 is 16.2 Å². The fourth-order valence-corrected chi connectivity index (χ4v) is 0.796. The maximum atomic E-state index is 11.3. The van der Waals surface area contributed by atoms with Crippen LogP contribution in [-0.4, -0.2) is 23.9 Å². The van der Waals surface area contributed by atoms with Crippen LogP contribution in [0.15, 0.2) is 0 Å². The molecule has 0 aliphatic carbocycles. The summed E-state index contributed by atoms with van der Waals surface area (Å²) in [7, 11) is 0. The maximum Gasteiger partial charge on any atom is 0.372 e. The first-order chi connectivity index (χ1) is 5.33. The van der Waals surface area contributed by atoms with Gasteiger partial charge >= 0.3 is 5.97 Å². The summed E-state index contributed by atoms with van der Waals surface area (Å²) < 4.78 is 0. The molecule has 0 amide bonds. The highest BCUT2D eigenvalue weighted by molar-refractivity contribution is 5.74. The number of hydroxylamine groups is 4. The molecule has 1 aliphatic heterocycles. The minimum absolute atomic E-state index is 0.405. The van der Waals surface area contributed by atoms with Gasteiger partial charge in [0.15, 0.2) is 0 Å². The van der Waals surface area contributed by atoms with Gasteiger partial charge in [-0.3, -0.25) is 4.84 Å². The SMILES string of the molecule is CC(C)(C)C(=O)O[N+]1([O-])CCC1. The van der Waals surface area contributed by atoms with Crippen molar-refractivity contribution in [3.05, 3.63) is 5.21 Å². The number of rotatable bonds is 1. The second kappa shape index (κ2) is 2.71. The minimum Gasteiger partial charge on any atom is -0.589 e. The van der Waals surface area contributed by atoms with E-state index in [4.69, 9.17) is 4.84 Å². The average Bonchev–Trinajstić information content (AvgIpc) is 1.82. The molecule has 1 rings (SSSR count). The molecule has 0 radical (unpaired) electrons. The molecule has 70 valence electrons. The number of carbonyl (C=O) groups excluding carboxylic acids is 1. The Morgan fingerprint density at radius 3 is 2.17 bits per heavy atom. The summed E-state index contributed by atoms with van der Waals surface area (Å²) in [6.45, 7) is 6.02. The van der Waals surface area contributed by atoms with Crippen molar-refractivity contribution in [2.75, 3.05) is 13.1 Å². The average molecular weight is 173 g/mol. The Balaban J connectivity index is 2.46. The van der Waals surface area contributed by atoms with Crippen LogP contribution in [0.25, 0.3) is 0 Å². The van der Waals surface area contributed by atoms with Gasteiger partial charge in [0.1, 0.15) is 13.1 Å². The zero-order valence-electron chi connectivity index (χ0n) is 7.79. The van der Waals surface area contributed by atoms with E-state index in [1.165, 1.54) is 0 Å². The summed E-state index contributed by atoms with van der Waals surface area (Å²) in [6.07, 6.45) is 0.848. The van der Waals surface area contributed by atoms with E-state index in [-0.39, 0.29) is 0 Å². The van der Waals surface area contributed by atoms with Crippen molar-refractivity contribution >= 4 is 5.97 Å². The third kappa shape index (κ3) is 1.95. The smallest absolute Gasteiger partial charge is 0.372 e. The first-order valence-electron chi connectivity index (χ1n) is 4.16. The van der Waals surface area contributed by atoms with Gasteiger partial charge in [-0.25, -0.2) is 4.79 Å². The predicted molar refractivity (Wildman–Crippen MR) is 43.5 cm³/mol. The van der Waals surface area contributed by atoms with Crippen molar-refractivity contribution in [1.82, 2.24) is 0 Å². The molecule has 0 saturated carbocycles. The van der Waals surface area contributed by atoms with Gasteiger partial charge in [-0.15, -0.1) is 0 Å². The fourth-order valence-electron chi connectivity index (χ4n) is 0.796. The van der Waals surface area contributed by atoms with Crippen LogP contribution in [0.4, 0.5) is 0 Å². The van der Waals surface area contributed by atoms with Crippen LogP contribution in [-0.2, 0) is 9.63 Å². The summed E-state index contributed by atoms with van der Waals surface area (Å²) in [6, 6.07) is 0. The number of carbonyl (C=O) groups is 1. The Hall–Kier alpha value is -0.610.